The van der Waals surface area contributed by atoms with Gasteiger partial charge in [-0.15, -0.1) is 11.3 Å². The van der Waals surface area contributed by atoms with Crippen LogP contribution < -0.4 is 0 Å². The minimum absolute atomic E-state index is 0.212. The molecule has 4 rings (SSSR count). The number of imidazole rings is 1. The van der Waals surface area contributed by atoms with Crippen LogP contribution in [0.15, 0.2) is 36.4 Å². The standard InChI is InChI=1S/C25H28FN3S/c1-6-17(7-2)20-13-16(5)28-29-23(21(8-3)27-25(20)29)24-15(4)12-22(30-24)18-10-9-11-19(26)14-18/h9-14,17H,6-8H2,1-5H3. The highest BCUT2D eigenvalue weighted by Gasteiger charge is 2.23. The second kappa shape index (κ2) is 8.31. The molecule has 3 nitrogen and oxygen atoms in total. The Bertz CT molecular complexity index is 1200. The van der Waals surface area contributed by atoms with Crippen molar-refractivity contribution in [2.24, 2.45) is 0 Å². The number of hydrogen-bond donors (Lipinski definition) is 0. The molecule has 0 fully saturated rings. The van der Waals surface area contributed by atoms with Crippen molar-refractivity contribution in [2.45, 2.75) is 59.8 Å². The number of hydrogen-bond acceptors (Lipinski definition) is 3. The van der Waals surface area contributed by atoms with Crippen molar-refractivity contribution in [2.75, 3.05) is 0 Å². The summed E-state index contributed by atoms with van der Waals surface area (Å²) in [6, 6.07) is 11.1. The van der Waals surface area contributed by atoms with Gasteiger partial charge in [0.15, 0.2) is 5.65 Å². The summed E-state index contributed by atoms with van der Waals surface area (Å²) >= 11 is 1.69. The monoisotopic (exact) mass is 421 g/mol. The molecular weight excluding hydrogens is 393 g/mol. The zero-order valence-electron chi connectivity index (χ0n) is 18.3. The molecule has 0 N–H and O–H groups in total. The molecule has 5 heteroatoms. The van der Waals surface area contributed by atoms with Crippen LogP contribution in [0.1, 0.15) is 62.0 Å². The number of halogens is 1. The maximum atomic E-state index is 13.8. The number of benzene rings is 1. The highest BCUT2D eigenvalue weighted by molar-refractivity contribution is 7.19. The van der Waals surface area contributed by atoms with E-state index in [2.05, 4.69) is 51.3 Å². The van der Waals surface area contributed by atoms with Gasteiger partial charge in [0.2, 0.25) is 0 Å². The summed E-state index contributed by atoms with van der Waals surface area (Å²) in [6.07, 6.45) is 3.01. The van der Waals surface area contributed by atoms with Gasteiger partial charge in [-0.3, -0.25) is 0 Å². The van der Waals surface area contributed by atoms with Crippen molar-refractivity contribution >= 4 is 17.0 Å². The van der Waals surface area contributed by atoms with E-state index in [9.17, 15) is 4.39 Å². The lowest BCUT2D eigenvalue weighted by molar-refractivity contribution is 0.628. The van der Waals surface area contributed by atoms with Crippen molar-refractivity contribution < 1.29 is 4.39 Å². The van der Waals surface area contributed by atoms with Crippen LogP contribution in [0.3, 0.4) is 0 Å². The molecule has 4 aromatic rings. The summed E-state index contributed by atoms with van der Waals surface area (Å²) < 4.78 is 15.8. The first-order valence-electron chi connectivity index (χ1n) is 10.7. The van der Waals surface area contributed by atoms with E-state index in [0.29, 0.717) is 5.92 Å². The Hall–Kier alpha value is -2.53. The highest BCUT2D eigenvalue weighted by Crippen LogP contribution is 2.40. The third-order valence-electron chi connectivity index (χ3n) is 5.81. The van der Waals surface area contributed by atoms with Gasteiger partial charge in [-0.25, -0.2) is 13.9 Å². The van der Waals surface area contributed by atoms with Crippen LogP contribution in [0, 0.1) is 19.7 Å². The van der Waals surface area contributed by atoms with Gasteiger partial charge in [-0.05, 0) is 74.4 Å². The Balaban J connectivity index is 1.95. The third-order valence-corrected chi connectivity index (χ3v) is 7.10. The van der Waals surface area contributed by atoms with Crippen LogP contribution in [0.25, 0.3) is 26.7 Å². The molecule has 156 valence electrons. The lowest BCUT2D eigenvalue weighted by Crippen LogP contribution is -2.05. The van der Waals surface area contributed by atoms with E-state index in [0.717, 1.165) is 57.3 Å². The van der Waals surface area contributed by atoms with Crippen LogP contribution in [-0.4, -0.2) is 14.6 Å². The molecule has 0 aliphatic heterocycles. The van der Waals surface area contributed by atoms with Gasteiger partial charge in [0.25, 0.3) is 0 Å². The Kier molecular flexibility index (Phi) is 5.74. The fourth-order valence-electron chi connectivity index (χ4n) is 4.22. The van der Waals surface area contributed by atoms with Crippen LogP contribution >= 0.6 is 11.3 Å². The predicted molar refractivity (Wildman–Crippen MR) is 124 cm³/mol. The molecule has 0 saturated heterocycles. The molecule has 1 aromatic carbocycles. The fourth-order valence-corrected chi connectivity index (χ4v) is 5.44. The maximum Gasteiger partial charge on any atom is 0.158 e. The number of rotatable bonds is 6. The fraction of sp³-hybridized carbons (Fsp3) is 0.360. The average molecular weight is 422 g/mol. The lowest BCUT2D eigenvalue weighted by atomic mass is 9.95. The summed E-state index contributed by atoms with van der Waals surface area (Å²) in [5.74, 6) is 0.262. The van der Waals surface area contributed by atoms with Gasteiger partial charge >= 0.3 is 0 Å². The molecule has 3 aromatic heterocycles. The Labute approximate surface area is 181 Å². The molecule has 0 bridgehead atoms. The lowest BCUT2D eigenvalue weighted by Gasteiger charge is -2.14. The van der Waals surface area contributed by atoms with E-state index in [-0.39, 0.29) is 5.82 Å². The van der Waals surface area contributed by atoms with E-state index >= 15 is 0 Å². The molecule has 0 radical (unpaired) electrons. The molecule has 0 spiro atoms. The molecule has 0 amide bonds. The zero-order valence-corrected chi connectivity index (χ0v) is 19.1. The van der Waals surface area contributed by atoms with Gasteiger partial charge in [0.05, 0.1) is 16.3 Å². The van der Waals surface area contributed by atoms with Crippen molar-refractivity contribution in [1.29, 1.82) is 0 Å². The third kappa shape index (κ3) is 3.56. The summed E-state index contributed by atoms with van der Waals surface area (Å²) in [5, 5.41) is 4.87. The quantitative estimate of drug-likeness (QED) is 0.326. The molecule has 0 aliphatic carbocycles. The molecule has 0 unspecified atom stereocenters. The minimum atomic E-state index is -0.212. The number of nitrogens with zero attached hydrogens (tertiary/aromatic N) is 3. The topological polar surface area (TPSA) is 30.2 Å². The van der Waals surface area contributed by atoms with Crippen molar-refractivity contribution in [1.82, 2.24) is 14.6 Å². The summed E-state index contributed by atoms with van der Waals surface area (Å²) in [5.41, 5.74) is 7.48. The summed E-state index contributed by atoms with van der Waals surface area (Å²) in [4.78, 5) is 7.27. The second-order valence-corrected chi connectivity index (χ2v) is 8.94. The Morgan fingerprint density at radius 1 is 1.07 bits per heavy atom. The van der Waals surface area contributed by atoms with E-state index in [1.807, 2.05) is 6.07 Å². The van der Waals surface area contributed by atoms with Crippen LogP contribution in [0.4, 0.5) is 4.39 Å². The Morgan fingerprint density at radius 3 is 2.50 bits per heavy atom. The number of fused-ring (bicyclic) bond motifs is 1. The molecule has 3 heterocycles. The number of thiophene rings is 1. The maximum absolute atomic E-state index is 13.8. The van der Waals surface area contributed by atoms with E-state index in [4.69, 9.17) is 10.1 Å². The summed E-state index contributed by atoms with van der Waals surface area (Å²) in [6.45, 7) is 10.8. The number of aromatic nitrogens is 3. The molecule has 0 atom stereocenters. The normalized spacial score (nSPS) is 11.7. The van der Waals surface area contributed by atoms with Crippen LogP contribution in [0.2, 0.25) is 0 Å². The van der Waals surface area contributed by atoms with Gasteiger partial charge in [0.1, 0.15) is 11.5 Å². The predicted octanol–water partition coefficient (Wildman–Crippen LogP) is 7.35. The largest absolute Gasteiger partial charge is 0.231 e. The zero-order chi connectivity index (χ0) is 21.4. The van der Waals surface area contributed by atoms with Gasteiger partial charge < -0.3 is 0 Å². The molecule has 0 saturated carbocycles. The van der Waals surface area contributed by atoms with Gasteiger partial charge in [0, 0.05) is 10.4 Å². The van der Waals surface area contributed by atoms with Crippen LogP contribution in [0.5, 0.6) is 0 Å². The smallest absolute Gasteiger partial charge is 0.158 e. The second-order valence-electron chi connectivity index (χ2n) is 7.88. The Morgan fingerprint density at radius 2 is 1.83 bits per heavy atom. The molecule has 30 heavy (non-hydrogen) atoms. The first-order chi connectivity index (χ1) is 14.5. The average Bonchev–Trinajstić information content (AvgIpc) is 3.28. The van der Waals surface area contributed by atoms with Gasteiger partial charge in [-0.1, -0.05) is 32.9 Å². The van der Waals surface area contributed by atoms with E-state index < -0.39 is 0 Å². The first kappa shape index (κ1) is 20.7. The molecular formula is C25H28FN3S. The minimum Gasteiger partial charge on any atom is -0.231 e. The van der Waals surface area contributed by atoms with Crippen molar-refractivity contribution in [3.8, 4) is 21.0 Å². The van der Waals surface area contributed by atoms with Crippen molar-refractivity contribution in [3.63, 3.8) is 0 Å². The van der Waals surface area contributed by atoms with Crippen molar-refractivity contribution in [3.05, 3.63) is 64.7 Å². The number of aryl methyl sites for hydroxylation is 3. The van der Waals surface area contributed by atoms with E-state index in [1.165, 1.54) is 17.2 Å². The van der Waals surface area contributed by atoms with Gasteiger partial charge in [-0.2, -0.15) is 5.10 Å². The molecule has 0 aliphatic rings. The summed E-state index contributed by atoms with van der Waals surface area (Å²) in [7, 11) is 0. The van der Waals surface area contributed by atoms with Crippen LogP contribution in [-0.2, 0) is 6.42 Å². The first-order valence-corrected chi connectivity index (χ1v) is 11.5. The van der Waals surface area contributed by atoms with E-state index in [1.54, 1.807) is 23.5 Å². The highest BCUT2D eigenvalue weighted by atomic mass is 32.1. The SMILES string of the molecule is CCc1nc2c(C(CC)CC)cc(C)nn2c1-c1sc(-c2cccc(F)c2)cc1C.